The second kappa shape index (κ2) is 17.9. The van der Waals surface area contributed by atoms with Crippen LogP contribution in [0.3, 0.4) is 0 Å². The zero-order valence-corrected chi connectivity index (χ0v) is 18.7. The summed E-state index contributed by atoms with van der Waals surface area (Å²) in [6.07, 6.45) is 17.1. The Morgan fingerprint density at radius 3 is 1.93 bits per heavy atom. The van der Waals surface area contributed by atoms with E-state index in [1.165, 1.54) is 76.2 Å². The van der Waals surface area contributed by atoms with Gasteiger partial charge in [-0.15, -0.1) is 0 Å². The van der Waals surface area contributed by atoms with Gasteiger partial charge in [-0.05, 0) is 30.6 Å². The topological polar surface area (TPSA) is 44.3 Å². The summed E-state index contributed by atoms with van der Waals surface area (Å²) in [5.41, 5.74) is 1.21. The summed E-state index contributed by atoms with van der Waals surface area (Å²) in [5.74, 6) is 0. The SMILES string of the molecule is CCCCCCCCCCCCCCNC(=S)N[C@H](CO)Cc1ccccc1. The third-order valence-corrected chi connectivity index (χ3v) is 5.46. The van der Waals surface area contributed by atoms with Gasteiger partial charge in [-0.3, -0.25) is 0 Å². The summed E-state index contributed by atoms with van der Waals surface area (Å²) >= 11 is 5.37. The fourth-order valence-corrected chi connectivity index (χ4v) is 3.73. The maximum atomic E-state index is 9.57. The highest BCUT2D eigenvalue weighted by molar-refractivity contribution is 7.80. The molecule has 0 aliphatic rings. The van der Waals surface area contributed by atoms with Crippen molar-refractivity contribution in [2.75, 3.05) is 13.2 Å². The molecule has 0 saturated heterocycles. The second-order valence-electron chi connectivity index (χ2n) is 7.86. The first kappa shape index (κ1) is 24.9. The molecule has 0 saturated carbocycles. The van der Waals surface area contributed by atoms with E-state index in [1.807, 2.05) is 18.2 Å². The molecule has 28 heavy (non-hydrogen) atoms. The number of aliphatic hydroxyl groups excluding tert-OH is 1. The van der Waals surface area contributed by atoms with Gasteiger partial charge < -0.3 is 15.7 Å². The van der Waals surface area contributed by atoms with E-state index in [1.54, 1.807) is 0 Å². The van der Waals surface area contributed by atoms with Gasteiger partial charge in [0.05, 0.1) is 12.6 Å². The smallest absolute Gasteiger partial charge is 0.166 e. The van der Waals surface area contributed by atoms with Gasteiger partial charge in [0.1, 0.15) is 0 Å². The van der Waals surface area contributed by atoms with Crippen molar-refractivity contribution in [1.82, 2.24) is 10.6 Å². The van der Waals surface area contributed by atoms with E-state index in [9.17, 15) is 5.11 Å². The Labute approximate surface area is 178 Å². The van der Waals surface area contributed by atoms with Crippen LogP contribution in [0.25, 0.3) is 0 Å². The van der Waals surface area contributed by atoms with E-state index in [0.717, 1.165) is 19.4 Å². The summed E-state index contributed by atoms with van der Waals surface area (Å²) < 4.78 is 0. The Balaban J connectivity index is 1.93. The van der Waals surface area contributed by atoms with E-state index < -0.39 is 0 Å². The lowest BCUT2D eigenvalue weighted by molar-refractivity contribution is 0.254. The Morgan fingerprint density at radius 2 is 1.39 bits per heavy atom. The van der Waals surface area contributed by atoms with E-state index in [4.69, 9.17) is 12.2 Å². The Kier molecular flexibility index (Phi) is 16.0. The van der Waals surface area contributed by atoms with Gasteiger partial charge in [0, 0.05) is 6.54 Å². The molecule has 1 rings (SSSR count). The molecule has 0 amide bonds. The quantitative estimate of drug-likeness (QED) is 0.227. The van der Waals surface area contributed by atoms with Crippen molar-refractivity contribution in [3.05, 3.63) is 35.9 Å². The van der Waals surface area contributed by atoms with Gasteiger partial charge in [0.25, 0.3) is 0 Å². The van der Waals surface area contributed by atoms with Crippen LogP contribution in [0.4, 0.5) is 0 Å². The van der Waals surface area contributed by atoms with Crippen LogP contribution in [-0.4, -0.2) is 29.4 Å². The Hall–Kier alpha value is -1.13. The molecule has 3 nitrogen and oxygen atoms in total. The van der Waals surface area contributed by atoms with Crippen molar-refractivity contribution < 1.29 is 5.11 Å². The largest absolute Gasteiger partial charge is 0.394 e. The van der Waals surface area contributed by atoms with Gasteiger partial charge in [-0.2, -0.15) is 0 Å². The maximum absolute atomic E-state index is 9.57. The van der Waals surface area contributed by atoms with Crippen molar-refractivity contribution in [2.45, 2.75) is 96.4 Å². The van der Waals surface area contributed by atoms with E-state index in [0.29, 0.717) is 5.11 Å². The second-order valence-corrected chi connectivity index (χ2v) is 8.27. The standard InChI is InChI=1S/C24H42N2OS/c1-2-3-4-5-6-7-8-9-10-11-12-16-19-25-24(28)26-23(21-27)20-22-17-14-13-15-18-22/h13-15,17-18,23,27H,2-12,16,19-21H2,1H3,(H2,25,26,28)/t23-/m0/s1. The third-order valence-electron chi connectivity index (χ3n) is 5.20. The van der Waals surface area contributed by atoms with Crippen LogP contribution in [-0.2, 0) is 6.42 Å². The minimum absolute atomic E-state index is 0.0376. The predicted octanol–water partition coefficient (Wildman–Crippen LogP) is 5.76. The van der Waals surface area contributed by atoms with Crippen molar-refractivity contribution >= 4 is 17.3 Å². The van der Waals surface area contributed by atoms with Crippen LogP contribution in [0.5, 0.6) is 0 Å². The van der Waals surface area contributed by atoms with Crippen LogP contribution < -0.4 is 10.6 Å². The summed E-state index contributed by atoms with van der Waals surface area (Å²) in [4.78, 5) is 0. The molecular weight excluding hydrogens is 364 g/mol. The van der Waals surface area contributed by atoms with Gasteiger partial charge in [-0.1, -0.05) is 108 Å². The minimum Gasteiger partial charge on any atom is -0.394 e. The third kappa shape index (κ3) is 14.0. The zero-order valence-electron chi connectivity index (χ0n) is 17.9. The highest BCUT2D eigenvalue weighted by atomic mass is 32.1. The van der Waals surface area contributed by atoms with E-state index in [2.05, 4.69) is 29.7 Å². The molecule has 0 fully saturated rings. The Bertz CT molecular complexity index is 481. The number of aliphatic hydroxyl groups is 1. The number of nitrogens with one attached hydrogen (secondary N) is 2. The maximum Gasteiger partial charge on any atom is 0.166 e. The lowest BCUT2D eigenvalue weighted by Gasteiger charge is -2.19. The first-order valence-electron chi connectivity index (χ1n) is 11.5. The molecule has 0 aliphatic carbocycles. The monoisotopic (exact) mass is 406 g/mol. The van der Waals surface area contributed by atoms with Crippen LogP contribution in [0, 0.1) is 0 Å². The molecule has 1 aromatic rings. The molecule has 1 atom stereocenters. The van der Waals surface area contributed by atoms with Gasteiger partial charge in [0.2, 0.25) is 0 Å². The van der Waals surface area contributed by atoms with Crippen LogP contribution in [0.2, 0.25) is 0 Å². The highest BCUT2D eigenvalue weighted by Crippen LogP contribution is 2.11. The van der Waals surface area contributed by atoms with E-state index >= 15 is 0 Å². The van der Waals surface area contributed by atoms with Crippen molar-refractivity contribution in [3.63, 3.8) is 0 Å². The van der Waals surface area contributed by atoms with Crippen molar-refractivity contribution in [3.8, 4) is 0 Å². The Morgan fingerprint density at radius 1 is 0.857 bits per heavy atom. The summed E-state index contributed by atoms with van der Waals surface area (Å²) in [7, 11) is 0. The van der Waals surface area contributed by atoms with Crippen LogP contribution in [0.1, 0.15) is 89.5 Å². The molecule has 0 heterocycles. The van der Waals surface area contributed by atoms with Crippen molar-refractivity contribution in [1.29, 1.82) is 0 Å². The first-order chi connectivity index (χ1) is 13.8. The van der Waals surface area contributed by atoms with Crippen LogP contribution in [0.15, 0.2) is 30.3 Å². The van der Waals surface area contributed by atoms with Gasteiger partial charge in [0.15, 0.2) is 5.11 Å². The molecule has 0 radical (unpaired) electrons. The normalized spacial score (nSPS) is 11.9. The summed E-state index contributed by atoms with van der Waals surface area (Å²) in [6.45, 7) is 3.26. The predicted molar refractivity (Wildman–Crippen MR) is 126 cm³/mol. The lowest BCUT2D eigenvalue weighted by Crippen LogP contribution is -2.44. The summed E-state index contributed by atoms with van der Waals surface area (Å²) in [5, 5.41) is 16.7. The van der Waals surface area contributed by atoms with Gasteiger partial charge >= 0.3 is 0 Å². The fraction of sp³-hybridized carbons (Fsp3) is 0.708. The number of hydrogen-bond donors (Lipinski definition) is 3. The zero-order chi connectivity index (χ0) is 20.3. The number of thiocarbonyl (C=S) groups is 1. The average molecular weight is 407 g/mol. The lowest BCUT2D eigenvalue weighted by atomic mass is 10.1. The van der Waals surface area contributed by atoms with Crippen LogP contribution >= 0.6 is 12.2 Å². The van der Waals surface area contributed by atoms with E-state index in [-0.39, 0.29) is 12.6 Å². The number of unbranched alkanes of at least 4 members (excludes halogenated alkanes) is 11. The number of rotatable bonds is 17. The molecule has 0 aliphatic heterocycles. The molecule has 3 N–H and O–H groups in total. The molecule has 0 spiro atoms. The molecule has 160 valence electrons. The molecule has 0 bridgehead atoms. The fourth-order valence-electron chi connectivity index (χ4n) is 3.46. The molecule has 1 aromatic carbocycles. The molecule has 4 heteroatoms. The average Bonchev–Trinajstić information content (AvgIpc) is 2.71. The molecule has 0 aromatic heterocycles. The number of benzene rings is 1. The molecular formula is C24H42N2OS. The van der Waals surface area contributed by atoms with Crippen molar-refractivity contribution in [2.24, 2.45) is 0 Å². The molecule has 0 unspecified atom stereocenters. The van der Waals surface area contributed by atoms with Gasteiger partial charge in [-0.25, -0.2) is 0 Å². The first-order valence-corrected chi connectivity index (χ1v) is 11.9. The number of hydrogen-bond acceptors (Lipinski definition) is 2. The minimum atomic E-state index is -0.0376. The highest BCUT2D eigenvalue weighted by Gasteiger charge is 2.09. The summed E-state index contributed by atoms with van der Waals surface area (Å²) in [6, 6.07) is 10.2.